The third-order valence-corrected chi connectivity index (χ3v) is 4.59. The summed E-state index contributed by atoms with van der Waals surface area (Å²) in [5.74, 6) is -0.872. The molecular weight excluding hydrogens is 336 g/mol. The van der Waals surface area contributed by atoms with Gasteiger partial charge in [0.15, 0.2) is 0 Å². The number of carbonyl (C=O) groups excluding carboxylic acids is 1. The molecular formula is C19H28N2O5. The van der Waals surface area contributed by atoms with E-state index in [9.17, 15) is 9.59 Å². The topological polar surface area (TPSA) is 96.9 Å². The number of aliphatic carboxylic acids is 1. The van der Waals surface area contributed by atoms with Crippen LogP contribution in [0.4, 0.5) is 4.79 Å². The standard InChI is InChI=1S/C19H28N2O5/c1-3-26-16-12-15(18(16)25-2)21-19(24)20-14(9-10-17(22)23)11-13-7-5-4-6-8-13/h4-8,14-16,18H,3,9-12H2,1-2H3,(H,22,23)(H2,20,21,24). The Kier molecular flexibility index (Phi) is 7.87. The van der Waals surface area contributed by atoms with Gasteiger partial charge in [-0.3, -0.25) is 4.79 Å². The molecule has 0 heterocycles. The number of hydrogen-bond donors (Lipinski definition) is 3. The predicted molar refractivity (Wildman–Crippen MR) is 97.1 cm³/mol. The number of rotatable bonds is 10. The summed E-state index contributed by atoms with van der Waals surface area (Å²) in [7, 11) is 1.60. The van der Waals surface area contributed by atoms with Crippen molar-refractivity contribution in [2.75, 3.05) is 13.7 Å². The van der Waals surface area contributed by atoms with Gasteiger partial charge in [0.25, 0.3) is 0 Å². The van der Waals surface area contributed by atoms with Crippen molar-refractivity contribution in [2.45, 2.75) is 56.9 Å². The summed E-state index contributed by atoms with van der Waals surface area (Å²) in [5.41, 5.74) is 1.05. The van der Waals surface area contributed by atoms with Crippen LogP contribution in [0.3, 0.4) is 0 Å². The summed E-state index contributed by atoms with van der Waals surface area (Å²) in [6.45, 7) is 2.54. The van der Waals surface area contributed by atoms with E-state index in [0.29, 0.717) is 25.9 Å². The van der Waals surface area contributed by atoms with E-state index in [4.69, 9.17) is 14.6 Å². The zero-order chi connectivity index (χ0) is 18.9. The average Bonchev–Trinajstić information content (AvgIpc) is 2.60. The molecule has 1 aliphatic rings. The van der Waals surface area contributed by atoms with Crippen molar-refractivity contribution >= 4 is 12.0 Å². The lowest BCUT2D eigenvalue weighted by Crippen LogP contribution is -2.62. The highest BCUT2D eigenvalue weighted by atomic mass is 16.5. The van der Waals surface area contributed by atoms with Gasteiger partial charge in [-0.05, 0) is 31.7 Å². The van der Waals surface area contributed by atoms with Crippen LogP contribution >= 0.6 is 0 Å². The molecule has 2 amide bonds. The molecule has 0 saturated heterocycles. The van der Waals surface area contributed by atoms with Crippen LogP contribution in [0.15, 0.2) is 30.3 Å². The minimum Gasteiger partial charge on any atom is -0.481 e. The molecule has 1 fully saturated rings. The molecule has 1 aromatic carbocycles. The van der Waals surface area contributed by atoms with Crippen LogP contribution in [-0.2, 0) is 20.7 Å². The Morgan fingerprint density at radius 3 is 2.65 bits per heavy atom. The maximum Gasteiger partial charge on any atom is 0.315 e. The van der Waals surface area contributed by atoms with Gasteiger partial charge in [-0.2, -0.15) is 0 Å². The summed E-state index contributed by atoms with van der Waals surface area (Å²) in [6.07, 6.45) is 1.51. The number of carboxylic acid groups (broad SMARTS) is 1. The number of nitrogens with one attached hydrogen (secondary N) is 2. The van der Waals surface area contributed by atoms with Crippen molar-refractivity contribution in [1.82, 2.24) is 10.6 Å². The first kappa shape index (κ1) is 20.2. The normalized spacial score (nSPS) is 22.9. The number of carbonyl (C=O) groups is 2. The van der Waals surface area contributed by atoms with E-state index in [2.05, 4.69) is 10.6 Å². The lowest BCUT2D eigenvalue weighted by molar-refractivity contribution is -0.137. The fraction of sp³-hybridized carbons (Fsp3) is 0.579. The summed E-state index contributed by atoms with van der Waals surface area (Å²) in [6, 6.07) is 9.04. The smallest absolute Gasteiger partial charge is 0.315 e. The molecule has 4 unspecified atom stereocenters. The van der Waals surface area contributed by atoms with E-state index in [1.54, 1.807) is 7.11 Å². The average molecular weight is 364 g/mol. The van der Waals surface area contributed by atoms with Crippen LogP contribution in [0.1, 0.15) is 31.7 Å². The van der Waals surface area contributed by atoms with Crippen LogP contribution in [0.5, 0.6) is 0 Å². The predicted octanol–water partition coefficient (Wildman–Crippen LogP) is 1.95. The van der Waals surface area contributed by atoms with Crippen molar-refractivity contribution in [1.29, 1.82) is 0 Å². The number of amides is 2. The number of benzene rings is 1. The second-order valence-electron chi connectivity index (χ2n) is 6.47. The Labute approximate surface area is 154 Å². The molecule has 1 aliphatic carbocycles. The Hall–Kier alpha value is -2.12. The second kappa shape index (κ2) is 10.1. The molecule has 1 saturated carbocycles. The molecule has 7 nitrogen and oxygen atoms in total. The van der Waals surface area contributed by atoms with Gasteiger partial charge in [0.05, 0.1) is 12.1 Å². The molecule has 0 aliphatic heterocycles. The lowest BCUT2D eigenvalue weighted by atomic mass is 9.85. The minimum absolute atomic E-state index is 0.00225. The van der Waals surface area contributed by atoms with Crippen molar-refractivity contribution in [3.63, 3.8) is 0 Å². The monoisotopic (exact) mass is 364 g/mol. The molecule has 0 radical (unpaired) electrons. The first-order valence-electron chi connectivity index (χ1n) is 9.00. The molecule has 0 aromatic heterocycles. The molecule has 7 heteroatoms. The number of ether oxygens (including phenoxy) is 2. The lowest BCUT2D eigenvalue weighted by Gasteiger charge is -2.43. The highest BCUT2D eigenvalue weighted by Gasteiger charge is 2.43. The number of carboxylic acids is 1. The molecule has 3 N–H and O–H groups in total. The van der Waals surface area contributed by atoms with Crippen molar-refractivity contribution < 1.29 is 24.2 Å². The molecule has 26 heavy (non-hydrogen) atoms. The maximum atomic E-state index is 12.4. The molecule has 4 atom stereocenters. The largest absolute Gasteiger partial charge is 0.481 e. The zero-order valence-electron chi connectivity index (χ0n) is 15.3. The van der Waals surface area contributed by atoms with Crippen LogP contribution in [-0.4, -0.2) is 55.1 Å². The van der Waals surface area contributed by atoms with Crippen LogP contribution in [0.25, 0.3) is 0 Å². The second-order valence-corrected chi connectivity index (χ2v) is 6.47. The van der Waals surface area contributed by atoms with E-state index < -0.39 is 5.97 Å². The van der Waals surface area contributed by atoms with Crippen molar-refractivity contribution in [2.24, 2.45) is 0 Å². The minimum atomic E-state index is -0.872. The first-order chi connectivity index (χ1) is 12.5. The van der Waals surface area contributed by atoms with Gasteiger partial charge in [-0.15, -0.1) is 0 Å². The third-order valence-electron chi connectivity index (χ3n) is 4.59. The fourth-order valence-electron chi connectivity index (χ4n) is 3.23. The van der Waals surface area contributed by atoms with E-state index >= 15 is 0 Å². The molecule has 144 valence electrons. The Bertz CT molecular complexity index is 581. The maximum absolute atomic E-state index is 12.4. The van der Waals surface area contributed by atoms with E-state index in [0.717, 1.165) is 5.56 Å². The van der Waals surface area contributed by atoms with Gasteiger partial charge in [-0.25, -0.2) is 4.79 Å². The summed E-state index contributed by atoms with van der Waals surface area (Å²) < 4.78 is 11.0. The van der Waals surface area contributed by atoms with Gasteiger partial charge in [-0.1, -0.05) is 30.3 Å². The Morgan fingerprint density at radius 2 is 2.04 bits per heavy atom. The fourth-order valence-corrected chi connectivity index (χ4v) is 3.23. The number of hydrogen-bond acceptors (Lipinski definition) is 4. The Balaban J connectivity index is 1.87. The SMILES string of the molecule is CCOC1CC(NC(=O)NC(CCC(=O)O)Cc2ccccc2)C1OC. The highest BCUT2D eigenvalue weighted by molar-refractivity contribution is 5.75. The van der Waals surface area contributed by atoms with Crippen molar-refractivity contribution in [3.05, 3.63) is 35.9 Å². The molecule has 2 rings (SSSR count). The summed E-state index contributed by atoms with van der Waals surface area (Å²) >= 11 is 0. The van der Waals surface area contributed by atoms with Gasteiger partial charge in [0.2, 0.25) is 0 Å². The zero-order valence-corrected chi connectivity index (χ0v) is 15.3. The van der Waals surface area contributed by atoms with Gasteiger partial charge in [0.1, 0.15) is 6.10 Å². The summed E-state index contributed by atoms with van der Waals surface area (Å²) in [4.78, 5) is 23.2. The van der Waals surface area contributed by atoms with Crippen molar-refractivity contribution in [3.8, 4) is 0 Å². The molecule has 0 bridgehead atoms. The van der Waals surface area contributed by atoms with Crippen LogP contribution in [0, 0.1) is 0 Å². The molecule has 1 aromatic rings. The van der Waals surface area contributed by atoms with E-state index in [-0.39, 0.29) is 36.7 Å². The van der Waals surface area contributed by atoms with Crippen LogP contribution in [0.2, 0.25) is 0 Å². The number of urea groups is 1. The van der Waals surface area contributed by atoms with Crippen LogP contribution < -0.4 is 10.6 Å². The van der Waals surface area contributed by atoms with Gasteiger partial charge < -0.3 is 25.2 Å². The number of methoxy groups -OCH3 is 1. The molecule has 0 spiro atoms. The quantitative estimate of drug-likeness (QED) is 0.590. The highest BCUT2D eigenvalue weighted by Crippen LogP contribution is 2.26. The first-order valence-corrected chi connectivity index (χ1v) is 9.00. The van der Waals surface area contributed by atoms with E-state index in [1.807, 2.05) is 37.3 Å². The van der Waals surface area contributed by atoms with E-state index in [1.165, 1.54) is 0 Å². The third kappa shape index (κ3) is 6.00. The van der Waals surface area contributed by atoms with Gasteiger partial charge in [0, 0.05) is 26.2 Å². The van der Waals surface area contributed by atoms with Gasteiger partial charge >= 0.3 is 12.0 Å². The Morgan fingerprint density at radius 1 is 1.31 bits per heavy atom. The summed E-state index contributed by atoms with van der Waals surface area (Å²) in [5, 5.41) is 14.8.